The Morgan fingerprint density at radius 3 is 2.40 bits per heavy atom. The van der Waals surface area contributed by atoms with E-state index in [1.807, 2.05) is 13.8 Å². The van der Waals surface area contributed by atoms with Crippen LogP contribution in [0.4, 0.5) is 0 Å². The molecule has 0 spiro atoms. The van der Waals surface area contributed by atoms with Gasteiger partial charge in [0.15, 0.2) is 6.29 Å². The Kier molecular flexibility index (Phi) is 10.0. The molecule has 7 heteroatoms. The molecule has 0 aromatic rings. The number of esters is 1. The number of carbonyl (C=O) groups excluding carboxylic acids is 2. The molecule has 1 N–H and O–H groups in total. The number of nitrogens with one attached hydrogen (secondary N) is 1. The summed E-state index contributed by atoms with van der Waals surface area (Å²) in [5.41, 5.74) is 0. The Balaban J connectivity index is 2.74. The molecule has 0 saturated carbocycles. The summed E-state index contributed by atoms with van der Waals surface area (Å²) >= 11 is 0. The molecule has 146 valence electrons. The monoisotopic (exact) mass is 359 g/mol. The highest BCUT2D eigenvalue weighted by Gasteiger charge is 2.46. The van der Waals surface area contributed by atoms with Crippen LogP contribution in [0.15, 0.2) is 0 Å². The van der Waals surface area contributed by atoms with Crippen molar-refractivity contribution in [3.63, 3.8) is 0 Å². The Morgan fingerprint density at radius 1 is 1.12 bits per heavy atom. The summed E-state index contributed by atoms with van der Waals surface area (Å²) in [5.74, 6) is -0.655. The Morgan fingerprint density at radius 2 is 1.84 bits per heavy atom. The first-order valence-corrected chi connectivity index (χ1v) is 9.19. The highest BCUT2D eigenvalue weighted by molar-refractivity contribution is 5.73. The fourth-order valence-electron chi connectivity index (χ4n) is 3.01. The Labute approximate surface area is 150 Å². The third-order valence-corrected chi connectivity index (χ3v) is 4.29. The van der Waals surface area contributed by atoms with E-state index in [0.717, 1.165) is 19.3 Å². The molecular weight excluding hydrogens is 326 g/mol. The number of hydrogen-bond acceptors (Lipinski definition) is 6. The summed E-state index contributed by atoms with van der Waals surface area (Å²) in [6.07, 6.45) is 1.57. The van der Waals surface area contributed by atoms with E-state index >= 15 is 0 Å². The second-order valence-electron chi connectivity index (χ2n) is 6.45. The van der Waals surface area contributed by atoms with Gasteiger partial charge in [0.2, 0.25) is 5.91 Å². The number of amides is 1. The zero-order valence-electron chi connectivity index (χ0n) is 16.1. The summed E-state index contributed by atoms with van der Waals surface area (Å²) < 4.78 is 22.8. The predicted molar refractivity (Wildman–Crippen MR) is 93.0 cm³/mol. The van der Waals surface area contributed by atoms with E-state index in [2.05, 4.69) is 12.2 Å². The van der Waals surface area contributed by atoms with Gasteiger partial charge in [-0.05, 0) is 12.8 Å². The maximum absolute atomic E-state index is 11.6. The first-order chi connectivity index (χ1) is 11.9. The van der Waals surface area contributed by atoms with Crippen molar-refractivity contribution in [2.24, 2.45) is 5.92 Å². The standard InChI is InChI=1S/C18H33NO6/c1-6-8-9-22-10-11-23-18-16(19-13(4)20)17(24-14(5)21)12(3)15(7-2)25-18/h12,15-18H,6-11H2,1-5H3,(H,19,20). The molecule has 1 rings (SSSR count). The quantitative estimate of drug-likeness (QED) is 0.475. The van der Waals surface area contributed by atoms with Crippen molar-refractivity contribution in [3.8, 4) is 0 Å². The molecular formula is C18H33NO6. The van der Waals surface area contributed by atoms with Crippen LogP contribution in [-0.4, -0.2) is 56.2 Å². The second kappa shape index (κ2) is 11.4. The van der Waals surface area contributed by atoms with Crippen LogP contribution in [0.5, 0.6) is 0 Å². The number of ether oxygens (including phenoxy) is 4. The normalized spacial score (nSPS) is 29.2. The molecule has 25 heavy (non-hydrogen) atoms. The molecule has 0 radical (unpaired) electrons. The van der Waals surface area contributed by atoms with Gasteiger partial charge >= 0.3 is 5.97 Å². The van der Waals surface area contributed by atoms with Crippen molar-refractivity contribution >= 4 is 11.9 Å². The highest BCUT2D eigenvalue weighted by atomic mass is 16.7. The average molecular weight is 359 g/mol. The van der Waals surface area contributed by atoms with Crippen molar-refractivity contribution in [1.29, 1.82) is 0 Å². The maximum atomic E-state index is 11.6. The van der Waals surface area contributed by atoms with Crippen LogP contribution in [0.1, 0.15) is 53.9 Å². The molecule has 7 nitrogen and oxygen atoms in total. The summed E-state index contributed by atoms with van der Waals surface area (Å²) in [4.78, 5) is 23.1. The van der Waals surface area contributed by atoms with Gasteiger partial charge in [-0.3, -0.25) is 9.59 Å². The zero-order chi connectivity index (χ0) is 18.8. The van der Waals surface area contributed by atoms with Gasteiger partial charge in [0.25, 0.3) is 0 Å². The predicted octanol–water partition coefficient (Wildman–Crippen LogP) is 2.03. The summed E-state index contributed by atoms with van der Waals surface area (Å²) in [7, 11) is 0. The third kappa shape index (κ3) is 7.30. The summed E-state index contributed by atoms with van der Waals surface area (Å²) in [5, 5.41) is 2.82. The third-order valence-electron chi connectivity index (χ3n) is 4.29. The van der Waals surface area contributed by atoms with E-state index < -0.39 is 18.4 Å². The van der Waals surface area contributed by atoms with Gasteiger partial charge in [0, 0.05) is 26.4 Å². The Hall–Kier alpha value is -1.18. The fraction of sp³-hybridized carbons (Fsp3) is 0.889. The average Bonchev–Trinajstić information content (AvgIpc) is 2.55. The minimum Gasteiger partial charge on any atom is -0.460 e. The molecule has 0 aliphatic carbocycles. The molecule has 1 amide bonds. The molecule has 1 saturated heterocycles. The maximum Gasteiger partial charge on any atom is 0.302 e. The first kappa shape index (κ1) is 21.9. The smallest absolute Gasteiger partial charge is 0.302 e. The largest absolute Gasteiger partial charge is 0.460 e. The molecule has 5 unspecified atom stereocenters. The van der Waals surface area contributed by atoms with Crippen LogP contribution < -0.4 is 5.32 Å². The van der Waals surface area contributed by atoms with Crippen molar-refractivity contribution in [3.05, 3.63) is 0 Å². The molecule has 1 aliphatic heterocycles. The SMILES string of the molecule is CCCCOCCOC1OC(CC)C(C)C(OC(C)=O)C1NC(C)=O. The summed E-state index contributed by atoms with van der Waals surface area (Å²) in [6.45, 7) is 10.4. The Bertz CT molecular complexity index is 416. The highest BCUT2D eigenvalue weighted by Crippen LogP contribution is 2.30. The van der Waals surface area contributed by atoms with Crippen molar-refractivity contribution in [2.45, 2.75) is 78.4 Å². The van der Waals surface area contributed by atoms with Gasteiger partial charge < -0.3 is 24.3 Å². The lowest BCUT2D eigenvalue weighted by atomic mass is 9.87. The molecule has 0 aromatic carbocycles. The van der Waals surface area contributed by atoms with E-state index in [9.17, 15) is 9.59 Å². The van der Waals surface area contributed by atoms with Crippen LogP contribution in [0.2, 0.25) is 0 Å². The summed E-state index contributed by atoms with van der Waals surface area (Å²) in [6, 6.07) is -0.546. The molecule has 5 atom stereocenters. The van der Waals surface area contributed by atoms with Crippen molar-refractivity contribution in [2.75, 3.05) is 19.8 Å². The van der Waals surface area contributed by atoms with Crippen LogP contribution in [-0.2, 0) is 28.5 Å². The molecule has 1 fully saturated rings. The lowest BCUT2D eigenvalue weighted by Gasteiger charge is -2.44. The lowest BCUT2D eigenvalue weighted by Crippen LogP contribution is -2.62. The van der Waals surface area contributed by atoms with Crippen LogP contribution in [0.3, 0.4) is 0 Å². The van der Waals surface area contributed by atoms with E-state index in [0.29, 0.717) is 19.8 Å². The van der Waals surface area contributed by atoms with Gasteiger partial charge in [-0.2, -0.15) is 0 Å². The molecule has 1 aliphatic rings. The van der Waals surface area contributed by atoms with E-state index in [1.165, 1.54) is 13.8 Å². The van der Waals surface area contributed by atoms with Gasteiger partial charge in [-0.25, -0.2) is 0 Å². The first-order valence-electron chi connectivity index (χ1n) is 9.19. The van der Waals surface area contributed by atoms with Gasteiger partial charge in [-0.15, -0.1) is 0 Å². The minimum absolute atomic E-state index is 0.0496. The second-order valence-corrected chi connectivity index (χ2v) is 6.45. The molecule has 1 heterocycles. The topological polar surface area (TPSA) is 83.1 Å². The van der Waals surface area contributed by atoms with Crippen LogP contribution in [0, 0.1) is 5.92 Å². The number of unbranched alkanes of at least 4 members (excludes halogenated alkanes) is 1. The molecule has 0 aromatic heterocycles. The van der Waals surface area contributed by atoms with Gasteiger partial charge in [0.1, 0.15) is 12.1 Å². The fourth-order valence-corrected chi connectivity index (χ4v) is 3.01. The van der Waals surface area contributed by atoms with Crippen molar-refractivity contribution in [1.82, 2.24) is 5.32 Å². The van der Waals surface area contributed by atoms with E-state index in [-0.39, 0.29) is 23.9 Å². The lowest BCUT2D eigenvalue weighted by molar-refractivity contribution is -0.255. The number of hydrogen-bond donors (Lipinski definition) is 1. The van der Waals surface area contributed by atoms with Crippen molar-refractivity contribution < 1.29 is 28.5 Å². The van der Waals surface area contributed by atoms with Crippen LogP contribution >= 0.6 is 0 Å². The van der Waals surface area contributed by atoms with Gasteiger partial charge in [0.05, 0.1) is 19.3 Å². The number of carbonyl (C=O) groups is 2. The van der Waals surface area contributed by atoms with E-state index in [1.54, 1.807) is 0 Å². The number of rotatable bonds is 10. The van der Waals surface area contributed by atoms with Crippen LogP contribution in [0.25, 0.3) is 0 Å². The van der Waals surface area contributed by atoms with E-state index in [4.69, 9.17) is 18.9 Å². The van der Waals surface area contributed by atoms with Gasteiger partial charge in [-0.1, -0.05) is 27.2 Å². The zero-order valence-corrected chi connectivity index (χ0v) is 16.1. The molecule has 0 bridgehead atoms. The minimum atomic E-state index is -0.677.